The van der Waals surface area contributed by atoms with Gasteiger partial charge in [0.05, 0.1) is 16.0 Å². The number of carbonyl (C=O) groups is 1. The summed E-state index contributed by atoms with van der Waals surface area (Å²) < 4.78 is 42.0. The van der Waals surface area contributed by atoms with Crippen molar-refractivity contribution in [1.82, 2.24) is 4.90 Å². The second-order valence-corrected chi connectivity index (χ2v) is 8.42. The molecule has 1 saturated heterocycles. The van der Waals surface area contributed by atoms with Crippen LogP contribution in [-0.4, -0.2) is 49.9 Å². The van der Waals surface area contributed by atoms with Crippen molar-refractivity contribution in [3.63, 3.8) is 0 Å². The van der Waals surface area contributed by atoms with Crippen molar-refractivity contribution in [1.29, 1.82) is 0 Å². The van der Waals surface area contributed by atoms with Crippen LogP contribution in [-0.2, 0) is 14.6 Å². The molecule has 1 amide bonds. The number of likely N-dealkylation sites (N-methyl/N-ethyl adjacent to an activating group) is 1. The molecule has 1 aromatic carbocycles. The summed E-state index contributed by atoms with van der Waals surface area (Å²) in [5.74, 6) is -0.268. The fraction of sp³-hybridized carbons (Fsp3) is 0.500. The van der Waals surface area contributed by atoms with E-state index >= 15 is 0 Å². The Labute approximate surface area is 137 Å². The van der Waals surface area contributed by atoms with Crippen molar-refractivity contribution in [2.75, 3.05) is 18.6 Å². The Hall–Kier alpha value is -1.15. The van der Waals surface area contributed by atoms with Crippen molar-refractivity contribution in [2.24, 2.45) is 0 Å². The van der Waals surface area contributed by atoms with Crippen LogP contribution in [0.25, 0.3) is 0 Å². The first kappa shape index (κ1) is 17.2. The fourth-order valence-electron chi connectivity index (χ4n) is 2.36. The normalized spacial score (nSPS) is 21.4. The molecule has 0 saturated carbocycles. The topological polar surface area (TPSA) is 63.7 Å². The second kappa shape index (κ2) is 6.54. The summed E-state index contributed by atoms with van der Waals surface area (Å²) in [5.41, 5.74) is 0. The van der Waals surface area contributed by atoms with E-state index in [1.165, 1.54) is 23.1 Å². The zero-order valence-electron chi connectivity index (χ0n) is 12.3. The van der Waals surface area contributed by atoms with E-state index in [2.05, 4.69) is 15.9 Å². The summed E-state index contributed by atoms with van der Waals surface area (Å²) in [4.78, 5) is 13.8. The number of nitrogens with zero attached hydrogens (tertiary/aromatic N) is 1. The molecule has 8 heteroatoms. The van der Waals surface area contributed by atoms with Crippen LogP contribution in [0.5, 0.6) is 5.75 Å². The molecular weight excluding hydrogens is 377 g/mol. The molecule has 0 radical (unpaired) electrons. The van der Waals surface area contributed by atoms with Gasteiger partial charge in [0.1, 0.15) is 11.6 Å². The van der Waals surface area contributed by atoms with Gasteiger partial charge in [0.25, 0.3) is 5.91 Å². The van der Waals surface area contributed by atoms with Gasteiger partial charge >= 0.3 is 0 Å². The lowest BCUT2D eigenvalue weighted by molar-refractivity contribution is -0.138. The average Bonchev–Trinajstić information content (AvgIpc) is 2.80. The van der Waals surface area contributed by atoms with Crippen LogP contribution in [0.1, 0.15) is 13.3 Å². The van der Waals surface area contributed by atoms with E-state index in [9.17, 15) is 17.6 Å². The smallest absolute Gasteiger partial charge is 0.263 e. The summed E-state index contributed by atoms with van der Waals surface area (Å²) in [7, 11) is -1.48. The Bertz CT molecular complexity index is 679. The van der Waals surface area contributed by atoms with Gasteiger partial charge in [-0.25, -0.2) is 12.8 Å². The fourth-order valence-corrected chi connectivity index (χ4v) is 4.58. The van der Waals surface area contributed by atoms with Gasteiger partial charge in [0.15, 0.2) is 15.9 Å². The van der Waals surface area contributed by atoms with Crippen LogP contribution in [0.2, 0.25) is 0 Å². The predicted octanol–water partition coefficient (Wildman–Crippen LogP) is 2.00. The SMILES string of the molecule is CC(Oc1ccc(F)cc1Br)C(=O)N(C)C1CCS(=O)(=O)C1. The van der Waals surface area contributed by atoms with Gasteiger partial charge < -0.3 is 9.64 Å². The van der Waals surface area contributed by atoms with E-state index in [0.717, 1.165) is 0 Å². The van der Waals surface area contributed by atoms with Gasteiger partial charge in [-0.05, 0) is 47.5 Å². The molecule has 122 valence electrons. The first-order chi connectivity index (χ1) is 10.2. The van der Waals surface area contributed by atoms with Crippen LogP contribution in [0.3, 0.4) is 0 Å². The number of hydrogen-bond acceptors (Lipinski definition) is 4. The minimum absolute atomic E-state index is 0.0117. The molecule has 2 rings (SSSR count). The molecule has 5 nitrogen and oxygen atoms in total. The van der Waals surface area contributed by atoms with Crippen molar-refractivity contribution in [3.8, 4) is 5.75 Å². The summed E-state index contributed by atoms with van der Waals surface area (Å²) in [6.07, 6.45) is -0.354. The summed E-state index contributed by atoms with van der Waals surface area (Å²) in [5, 5.41) is 0. The van der Waals surface area contributed by atoms with Gasteiger partial charge in [-0.1, -0.05) is 0 Å². The largest absolute Gasteiger partial charge is 0.480 e. The van der Waals surface area contributed by atoms with Gasteiger partial charge in [0, 0.05) is 13.1 Å². The molecule has 0 aromatic heterocycles. The van der Waals surface area contributed by atoms with Gasteiger partial charge in [-0.2, -0.15) is 0 Å². The Morgan fingerprint density at radius 1 is 1.50 bits per heavy atom. The molecule has 0 N–H and O–H groups in total. The van der Waals surface area contributed by atoms with E-state index in [-0.39, 0.29) is 23.5 Å². The quantitative estimate of drug-likeness (QED) is 0.784. The molecule has 0 bridgehead atoms. The zero-order chi connectivity index (χ0) is 16.5. The van der Waals surface area contributed by atoms with E-state index in [0.29, 0.717) is 16.6 Å². The highest BCUT2D eigenvalue weighted by Gasteiger charge is 2.34. The van der Waals surface area contributed by atoms with Crippen molar-refractivity contribution in [3.05, 3.63) is 28.5 Å². The summed E-state index contributed by atoms with van der Waals surface area (Å²) >= 11 is 3.17. The maximum atomic E-state index is 13.0. The molecule has 1 aromatic rings. The molecule has 1 heterocycles. The minimum atomic E-state index is -3.05. The highest BCUT2D eigenvalue weighted by atomic mass is 79.9. The Morgan fingerprint density at radius 3 is 2.73 bits per heavy atom. The first-order valence-corrected chi connectivity index (χ1v) is 9.40. The highest BCUT2D eigenvalue weighted by molar-refractivity contribution is 9.10. The van der Waals surface area contributed by atoms with E-state index in [4.69, 9.17) is 4.74 Å². The van der Waals surface area contributed by atoms with Gasteiger partial charge in [-0.3, -0.25) is 4.79 Å². The molecule has 1 aliphatic heterocycles. The van der Waals surface area contributed by atoms with Gasteiger partial charge in [-0.15, -0.1) is 0 Å². The van der Waals surface area contributed by atoms with Crippen molar-refractivity contribution < 1.29 is 22.3 Å². The number of halogens is 2. The van der Waals surface area contributed by atoms with Crippen LogP contribution in [0.15, 0.2) is 22.7 Å². The third kappa shape index (κ3) is 3.98. The summed E-state index contributed by atoms with van der Waals surface area (Å²) in [6.45, 7) is 1.58. The molecular formula is C14H17BrFNO4S. The van der Waals surface area contributed by atoms with Crippen molar-refractivity contribution in [2.45, 2.75) is 25.5 Å². The maximum Gasteiger partial charge on any atom is 0.263 e. The van der Waals surface area contributed by atoms with E-state index < -0.39 is 21.8 Å². The van der Waals surface area contributed by atoms with Crippen LogP contribution >= 0.6 is 15.9 Å². The number of hydrogen-bond donors (Lipinski definition) is 0. The van der Waals surface area contributed by atoms with Crippen LogP contribution in [0.4, 0.5) is 4.39 Å². The number of benzene rings is 1. The standard InChI is InChI=1S/C14H17BrFNO4S/c1-9(21-13-4-3-10(16)7-12(13)15)14(18)17(2)11-5-6-22(19,20)8-11/h3-4,7,9,11H,5-6,8H2,1-2H3. The second-order valence-electron chi connectivity index (χ2n) is 5.34. The third-order valence-electron chi connectivity index (χ3n) is 3.65. The zero-order valence-corrected chi connectivity index (χ0v) is 14.7. The molecule has 0 spiro atoms. The molecule has 0 aliphatic carbocycles. The average molecular weight is 394 g/mol. The van der Waals surface area contributed by atoms with E-state index in [1.54, 1.807) is 14.0 Å². The van der Waals surface area contributed by atoms with Crippen LogP contribution < -0.4 is 4.74 Å². The monoisotopic (exact) mass is 393 g/mol. The Morgan fingerprint density at radius 2 is 2.18 bits per heavy atom. The number of rotatable bonds is 4. The lowest BCUT2D eigenvalue weighted by Crippen LogP contribution is -2.44. The number of carbonyl (C=O) groups excluding carboxylic acids is 1. The lowest BCUT2D eigenvalue weighted by Gasteiger charge is -2.27. The Kier molecular flexibility index (Phi) is 5.11. The lowest BCUT2D eigenvalue weighted by atomic mass is 10.2. The van der Waals surface area contributed by atoms with E-state index in [1.807, 2.05) is 0 Å². The third-order valence-corrected chi connectivity index (χ3v) is 6.02. The highest BCUT2D eigenvalue weighted by Crippen LogP contribution is 2.27. The Balaban J connectivity index is 2.02. The minimum Gasteiger partial charge on any atom is -0.480 e. The molecule has 1 fully saturated rings. The number of amides is 1. The van der Waals surface area contributed by atoms with Crippen LogP contribution in [0, 0.1) is 5.82 Å². The number of sulfone groups is 1. The predicted molar refractivity (Wildman–Crippen MR) is 84.0 cm³/mol. The molecule has 22 heavy (non-hydrogen) atoms. The first-order valence-electron chi connectivity index (χ1n) is 6.78. The maximum absolute atomic E-state index is 13.0. The number of ether oxygens (including phenoxy) is 1. The van der Waals surface area contributed by atoms with Crippen molar-refractivity contribution >= 4 is 31.7 Å². The molecule has 2 atom stereocenters. The molecule has 1 aliphatic rings. The summed E-state index contributed by atoms with van der Waals surface area (Å²) in [6, 6.07) is 3.60. The molecule has 2 unspecified atom stereocenters. The van der Waals surface area contributed by atoms with Gasteiger partial charge in [0.2, 0.25) is 0 Å².